The number of amides is 1. The van der Waals surface area contributed by atoms with Crippen molar-refractivity contribution in [2.24, 2.45) is 0 Å². The minimum Gasteiger partial charge on any atom is -0.350 e. The van der Waals surface area contributed by atoms with Gasteiger partial charge in [0, 0.05) is 11.1 Å². The van der Waals surface area contributed by atoms with Crippen LogP contribution in [0.2, 0.25) is 10.0 Å². The summed E-state index contributed by atoms with van der Waals surface area (Å²) in [5.74, 6) is -0.357. The first-order chi connectivity index (χ1) is 11.7. The summed E-state index contributed by atoms with van der Waals surface area (Å²) >= 11 is 11.8. The minimum atomic E-state index is -4.00. The number of carbonyl (C=O) groups is 1. The molecule has 0 aliphatic rings. The number of carbonyl (C=O) groups excluding carboxylic acids is 1. The fourth-order valence-electron chi connectivity index (χ4n) is 2.06. The Morgan fingerprint density at radius 3 is 2.52 bits per heavy atom. The van der Waals surface area contributed by atoms with Crippen molar-refractivity contribution in [2.75, 3.05) is 4.72 Å². The molecule has 0 fully saturated rings. The SMILES string of the molecule is CC[C@@H](C)NC(=O)c1ccccc1NS(=O)(=O)c1cc(Cl)ccc1Cl. The van der Waals surface area contributed by atoms with Crippen molar-refractivity contribution in [1.29, 1.82) is 0 Å². The van der Waals surface area contributed by atoms with Crippen LogP contribution in [0.25, 0.3) is 0 Å². The molecule has 0 spiro atoms. The fraction of sp³-hybridized carbons (Fsp3) is 0.235. The highest BCUT2D eigenvalue weighted by molar-refractivity contribution is 7.92. The summed E-state index contributed by atoms with van der Waals surface area (Å²) in [6.45, 7) is 3.82. The smallest absolute Gasteiger partial charge is 0.263 e. The topological polar surface area (TPSA) is 75.3 Å². The van der Waals surface area contributed by atoms with Crippen LogP contribution in [0.1, 0.15) is 30.6 Å². The molecule has 2 rings (SSSR count). The van der Waals surface area contributed by atoms with E-state index in [0.29, 0.717) is 0 Å². The molecule has 0 saturated carbocycles. The zero-order valence-electron chi connectivity index (χ0n) is 13.7. The van der Waals surface area contributed by atoms with E-state index in [0.717, 1.165) is 6.42 Å². The summed E-state index contributed by atoms with van der Waals surface area (Å²) in [6.07, 6.45) is 0.762. The first kappa shape index (κ1) is 19.6. The van der Waals surface area contributed by atoms with E-state index in [-0.39, 0.29) is 38.1 Å². The normalized spacial score (nSPS) is 12.5. The van der Waals surface area contributed by atoms with Crippen LogP contribution < -0.4 is 10.0 Å². The van der Waals surface area contributed by atoms with E-state index in [4.69, 9.17) is 23.2 Å². The van der Waals surface area contributed by atoms with Gasteiger partial charge in [-0.2, -0.15) is 0 Å². The van der Waals surface area contributed by atoms with Gasteiger partial charge in [0.05, 0.1) is 16.3 Å². The highest BCUT2D eigenvalue weighted by Crippen LogP contribution is 2.27. The third kappa shape index (κ3) is 4.87. The van der Waals surface area contributed by atoms with E-state index in [1.54, 1.807) is 18.2 Å². The molecule has 8 heteroatoms. The molecule has 134 valence electrons. The van der Waals surface area contributed by atoms with Crippen LogP contribution in [-0.4, -0.2) is 20.4 Å². The second-order valence-electron chi connectivity index (χ2n) is 5.51. The Bertz CT molecular complexity index is 885. The molecule has 2 aromatic carbocycles. The minimum absolute atomic E-state index is 0.0282. The van der Waals surface area contributed by atoms with Gasteiger partial charge in [0.2, 0.25) is 0 Å². The van der Waals surface area contributed by atoms with Gasteiger partial charge in [-0.05, 0) is 43.7 Å². The van der Waals surface area contributed by atoms with Gasteiger partial charge >= 0.3 is 0 Å². The first-order valence-corrected chi connectivity index (χ1v) is 9.86. The largest absolute Gasteiger partial charge is 0.350 e. The van der Waals surface area contributed by atoms with Crippen molar-refractivity contribution in [3.8, 4) is 0 Å². The zero-order valence-corrected chi connectivity index (χ0v) is 16.0. The summed E-state index contributed by atoms with van der Waals surface area (Å²) in [5.41, 5.74) is 0.392. The first-order valence-electron chi connectivity index (χ1n) is 7.62. The molecule has 2 aromatic rings. The Labute approximate surface area is 157 Å². The van der Waals surface area contributed by atoms with E-state index in [2.05, 4.69) is 10.0 Å². The second-order valence-corrected chi connectivity index (χ2v) is 8.00. The predicted octanol–water partition coefficient (Wildman–Crippen LogP) is 4.32. The summed E-state index contributed by atoms with van der Waals surface area (Å²) < 4.78 is 27.7. The molecule has 0 heterocycles. The van der Waals surface area contributed by atoms with Crippen LogP contribution in [0, 0.1) is 0 Å². The van der Waals surface area contributed by atoms with Gasteiger partial charge in [-0.25, -0.2) is 8.42 Å². The Morgan fingerprint density at radius 2 is 1.84 bits per heavy atom. The second kappa shape index (κ2) is 8.08. The van der Waals surface area contributed by atoms with Crippen LogP contribution in [0.4, 0.5) is 5.69 Å². The van der Waals surface area contributed by atoms with Gasteiger partial charge in [0.1, 0.15) is 4.90 Å². The molecule has 0 aromatic heterocycles. The van der Waals surface area contributed by atoms with Crippen LogP contribution in [0.15, 0.2) is 47.4 Å². The lowest BCUT2D eigenvalue weighted by atomic mass is 10.1. The van der Waals surface area contributed by atoms with Crippen molar-refractivity contribution in [1.82, 2.24) is 5.32 Å². The lowest BCUT2D eigenvalue weighted by Crippen LogP contribution is -2.32. The number of rotatable bonds is 6. The van der Waals surface area contributed by atoms with E-state index in [9.17, 15) is 13.2 Å². The van der Waals surface area contributed by atoms with Gasteiger partial charge in [-0.1, -0.05) is 42.3 Å². The summed E-state index contributed by atoms with van der Waals surface area (Å²) in [6, 6.07) is 10.5. The maximum atomic E-state index is 12.6. The Balaban J connectivity index is 2.37. The maximum absolute atomic E-state index is 12.6. The lowest BCUT2D eigenvalue weighted by molar-refractivity contribution is 0.0940. The Morgan fingerprint density at radius 1 is 1.16 bits per heavy atom. The molecule has 0 aliphatic heterocycles. The Hall–Kier alpha value is -1.76. The molecule has 25 heavy (non-hydrogen) atoms. The van der Waals surface area contributed by atoms with E-state index in [1.807, 2.05) is 13.8 Å². The average molecular weight is 401 g/mol. The van der Waals surface area contributed by atoms with Crippen LogP contribution in [0.5, 0.6) is 0 Å². The van der Waals surface area contributed by atoms with Crippen LogP contribution in [-0.2, 0) is 10.0 Å². The molecule has 2 N–H and O–H groups in total. The highest BCUT2D eigenvalue weighted by Gasteiger charge is 2.21. The van der Waals surface area contributed by atoms with Crippen molar-refractivity contribution < 1.29 is 13.2 Å². The monoisotopic (exact) mass is 400 g/mol. The summed E-state index contributed by atoms with van der Waals surface area (Å²) in [7, 11) is -4.00. The molecule has 0 radical (unpaired) electrons. The summed E-state index contributed by atoms with van der Waals surface area (Å²) in [5, 5.41) is 3.09. The van der Waals surface area contributed by atoms with Crippen LogP contribution in [0.3, 0.4) is 0 Å². The van der Waals surface area contributed by atoms with Gasteiger partial charge in [-0.3, -0.25) is 9.52 Å². The third-order valence-corrected chi connectivity index (χ3v) is 5.67. The molecule has 0 saturated heterocycles. The predicted molar refractivity (Wildman–Crippen MR) is 101 cm³/mol. The van der Waals surface area contributed by atoms with Crippen molar-refractivity contribution in [2.45, 2.75) is 31.2 Å². The molecule has 1 atom stereocenters. The number of sulfonamides is 1. The fourth-order valence-corrected chi connectivity index (χ4v) is 3.90. The van der Waals surface area contributed by atoms with Crippen molar-refractivity contribution in [3.63, 3.8) is 0 Å². The molecule has 0 bridgehead atoms. The third-order valence-electron chi connectivity index (χ3n) is 3.59. The van der Waals surface area contributed by atoms with E-state index < -0.39 is 10.0 Å². The molecular formula is C17H18Cl2N2O3S. The standard InChI is InChI=1S/C17H18Cl2N2O3S/c1-3-11(2)20-17(22)13-6-4-5-7-15(13)21-25(23,24)16-10-12(18)8-9-14(16)19/h4-11,21H,3H2,1-2H3,(H,20,22)/t11-/m1/s1. The van der Waals surface area contributed by atoms with Gasteiger partial charge < -0.3 is 5.32 Å². The lowest BCUT2D eigenvalue weighted by Gasteiger charge is -2.15. The number of benzene rings is 2. The molecular weight excluding hydrogens is 383 g/mol. The summed E-state index contributed by atoms with van der Waals surface area (Å²) in [4.78, 5) is 12.2. The number of nitrogens with one attached hydrogen (secondary N) is 2. The van der Waals surface area contributed by atoms with Gasteiger partial charge in [-0.15, -0.1) is 0 Å². The Kier molecular flexibility index (Phi) is 6.32. The number of para-hydroxylation sites is 1. The molecule has 0 aliphatic carbocycles. The molecule has 5 nitrogen and oxygen atoms in total. The molecule has 0 unspecified atom stereocenters. The van der Waals surface area contributed by atoms with E-state index in [1.165, 1.54) is 24.3 Å². The average Bonchev–Trinajstić information content (AvgIpc) is 2.56. The van der Waals surface area contributed by atoms with E-state index >= 15 is 0 Å². The quantitative estimate of drug-likeness (QED) is 0.757. The van der Waals surface area contributed by atoms with Gasteiger partial charge in [0.15, 0.2) is 0 Å². The van der Waals surface area contributed by atoms with Crippen molar-refractivity contribution >= 4 is 44.8 Å². The van der Waals surface area contributed by atoms with Gasteiger partial charge in [0.25, 0.3) is 15.9 Å². The number of hydrogen-bond acceptors (Lipinski definition) is 3. The highest BCUT2D eigenvalue weighted by atomic mass is 35.5. The van der Waals surface area contributed by atoms with Crippen molar-refractivity contribution in [3.05, 3.63) is 58.1 Å². The molecule has 1 amide bonds. The number of anilines is 1. The number of hydrogen-bond donors (Lipinski definition) is 2. The maximum Gasteiger partial charge on any atom is 0.263 e. The van der Waals surface area contributed by atoms with Crippen LogP contribution >= 0.6 is 23.2 Å². The number of halogens is 2. The zero-order chi connectivity index (χ0) is 18.6.